The highest BCUT2D eigenvalue weighted by Gasteiger charge is 2.54. The number of hydrogen-bond donors (Lipinski definition) is 2. The molecule has 3 rings (SSSR count). The summed E-state index contributed by atoms with van der Waals surface area (Å²) in [6.07, 6.45) is 1.04. The van der Waals surface area contributed by atoms with Crippen molar-refractivity contribution in [3.8, 4) is 5.88 Å². The monoisotopic (exact) mass is 469 g/mol. The minimum Gasteiger partial charge on any atom is -0.477 e. The van der Waals surface area contributed by atoms with E-state index in [1.807, 2.05) is 0 Å². The standard InChI is InChI=1S/C17H19N5O9S/c1-7(20-4-10(22(28)29)14(19-20)30-3)13(24)18-11-15(25)21-12(17(26)27)9(5-31-8(2)23)6-32-16(11)21/h4,7,11,16H,5-6H2,1-3H3,(H,18,24)(H,26,27)/t7-,11-,16+/m1/s1. The number of aliphatic carboxylic acids is 1. The first-order chi connectivity index (χ1) is 15.1. The summed E-state index contributed by atoms with van der Waals surface area (Å²) < 4.78 is 10.7. The number of carboxylic acids is 1. The number of fused-ring (bicyclic) bond motifs is 1. The number of esters is 1. The van der Waals surface area contributed by atoms with Gasteiger partial charge in [-0.25, -0.2) is 9.48 Å². The van der Waals surface area contributed by atoms with Crippen LogP contribution in [0.1, 0.15) is 19.9 Å². The second kappa shape index (κ2) is 8.86. The van der Waals surface area contributed by atoms with Crippen LogP contribution < -0.4 is 10.1 Å². The number of nitrogens with one attached hydrogen (secondary N) is 1. The largest absolute Gasteiger partial charge is 0.477 e. The summed E-state index contributed by atoms with van der Waals surface area (Å²) in [7, 11) is 1.20. The van der Waals surface area contributed by atoms with Crippen LogP contribution in [0.3, 0.4) is 0 Å². The lowest BCUT2D eigenvalue weighted by Crippen LogP contribution is -2.71. The minimum atomic E-state index is -1.35. The van der Waals surface area contributed by atoms with E-state index in [4.69, 9.17) is 9.47 Å². The first-order valence-corrected chi connectivity index (χ1v) is 10.2. The topological polar surface area (TPSA) is 183 Å². The maximum atomic E-state index is 12.7. The second-order valence-electron chi connectivity index (χ2n) is 6.87. The van der Waals surface area contributed by atoms with Gasteiger partial charge in [-0.1, -0.05) is 0 Å². The highest BCUT2D eigenvalue weighted by atomic mass is 32.2. The summed E-state index contributed by atoms with van der Waals surface area (Å²) in [5.41, 5.74) is -0.417. The van der Waals surface area contributed by atoms with E-state index in [0.29, 0.717) is 0 Å². The van der Waals surface area contributed by atoms with Gasteiger partial charge in [0, 0.05) is 18.2 Å². The van der Waals surface area contributed by atoms with Gasteiger partial charge in [0.05, 0.1) is 12.0 Å². The quantitative estimate of drug-likeness (QED) is 0.220. The molecule has 3 atom stereocenters. The summed E-state index contributed by atoms with van der Waals surface area (Å²) >= 11 is 1.22. The van der Waals surface area contributed by atoms with E-state index in [2.05, 4.69) is 10.4 Å². The number of aromatic nitrogens is 2. The fourth-order valence-electron chi connectivity index (χ4n) is 3.21. The van der Waals surface area contributed by atoms with Gasteiger partial charge in [-0.3, -0.25) is 29.4 Å². The van der Waals surface area contributed by atoms with Crippen molar-refractivity contribution >= 4 is 41.2 Å². The Morgan fingerprint density at radius 1 is 1.47 bits per heavy atom. The Kier molecular flexibility index (Phi) is 6.38. The fraction of sp³-hybridized carbons (Fsp3) is 0.471. The van der Waals surface area contributed by atoms with E-state index in [9.17, 15) is 34.4 Å². The number of carbonyl (C=O) groups excluding carboxylic acids is 3. The molecule has 2 N–H and O–H groups in total. The van der Waals surface area contributed by atoms with Crippen molar-refractivity contribution in [2.24, 2.45) is 0 Å². The number of nitrogens with zero attached hydrogens (tertiary/aromatic N) is 4. The highest BCUT2D eigenvalue weighted by molar-refractivity contribution is 8.00. The van der Waals surface area contributed by atoms with Gasteiger partial charge < -0.3 is 19.9 Å². The van der Waals surface area contributed by atoms with E-state index >= 15 is 0 Å². The Morgan fingerprint density at radius 2 is 2.16 bits per heavy atom. The molecule has 0 aromatic carbocycles. The van der Waals surface area contributed by atoms with E-state index in [0.717, 1.165) is 15.8 Å². The number of rotatable bonds is 8. The van der Waals surface area contributed by atoms with Crippen LogP contribution in [0.15, 0.2) is 17.5 Å². The molecule has 0 aliphatic carbocycles. The molecule has 3 heterocycles. The van der Waals surface area contributed by atoms with Gasteiger partial charge in [0.2, 0.25) is 5.91 Å². The van der Waals surface area contributed by atoms with Gasteiger partial charge >= 0.3 is 23.5 Å². The Balaban J connectivity index is 1.73. The van der Waals surface area contributed by atoms with Crippen molar-refractivity contribution in [2.45, 2.75) is 31.3 Å². The van der Waals surface area contributed by atoms with Crippen molar-refractivity contribution in [2.75, 3.05) is 19.5 Å². The number of thioether (sulfide) groups is 1. The molecule has 1 saturated heterocycles. The third kappa shape index (κ3) is 4.10. The van der Waals surface area contributed by atoms with Crippen LogP contribution in [0.25, 0.3) is 0 Å². The summed E-state index contributed by atoms with van der Waals surface area (Å²) in [6, 6.07) is -2.01. The Bertz CT molecular complexity index is 1040. The highest BCUT2D eigenvalue weighted by Crippen LogP contribution is 2.40. The molecule has 14 nitrogen and oxygen atoms in total. The zero-order chi connectivity index (χ0) is 23.7. The molecule has 0 unspecified atom stereocenters. The van der Waals surface area contributed by atoms with Crippen LogP contribution >= 0.6 is 11.8 Å². The third-order valence-corrected chi connectivity index (χ3v) is 6.18. The summed E-state index contributed by atoms with van der Waals surface area (Å²) in [5.74, 6) is -3.29. The molecule has 2 aliphatic rings. The molecule has 32 heavy (non-hydrogen) atoms. The maximum absolute atomic E-state index is 12.7. The van der Waals surface area contributed by atoms with E-state index in [1.54, 1.807) is 0 Å². The molecular formula is C17H19N5O9S. The van der Waals surface area contributed by atoms with E-state index < -0.39 is 51.8 Å². The smallest absolute Gasteiger partial charge is 0.352 e. The van der Waals surface area contributed by atoms with Gasteiger partial charge in [-0.2, -0.15) is 0 Å². The molecule has 1 fully saturated rings. The molecule has 1 aromatic rings. The first kappa shape index (κ1) is 23.1. The second-order valence-corrected chi connectivity index (χ2v) is 7.98. The van der Waals surface area contributed by atoms with Crippen LogP contribution in [0.4, 0.5) is 5.69 Å². The van der Waals surface area contributed by atoms with Crippen molar-refractivity contribution in [3.63, 3.8) is 0 Å². The Labute approximate surface area is 184 Å². The Morgan fingerprint density at radius 3 is 2.69 bits per heavy atom. The lowest BCUT2D eigenvalue weighted by atomic mass is 10.0. The van der Waals surface area contributed by atoms with Crippen molar-refractivity contribution in [3.05, 3.63) is 27.6 Å². The summed E-state index contributed by atoms with van der Waals surface area (Å²) in [6.45, 7) is 2.36. The van der Waals surface area contributed by atoms with Crippen LogP contribution in [-0.2, 0) is 23.9 Å². The molecule has 2 aliphatic heterocycles. The molecule has 2 amide bonds. The molecular weight excluding hydrogens is 450 g/mol. The number of ether oxygens (including phenoxy) is 2. The Hall–Kier alpha value is -3.62. The number of hydrogen-bond acceptors (Lipinski definition) is 10. The molecule has 1 aromatic heterocycles. The van der Waals surface area contributed by atoms with Crippen molar-refractivity contribution < 1.29 is 38.7 Å². The summed E-state index contributed by atoms with van der Waals surface area (Å²) in [5, 5.41) is 26.4. The maximum Gasteiger partial charge on any atom is 0.352 e. The number of carbonyl (C=O) groups is 4. The van der Waals surface area contributed by atoms with Gasteiger partial charge in [0.1, 0.15) is 36.0 Å². The van der Waals surface area contributed by atoms with Gasteiger partial charge in [0.25, 0.3) is 5.91 Å². The van der Waals surface area contributed by atoms with E-state index in [-0.39, 0.29) is 29.5 Å². The lowest BCUT2D eigenvalue weighted by molar-refractivity contribution is -0.385. The fourth-order valence-corrected chi connectivity index (χ4v) is 4.54. The van der Waals surface area contributed by atoms with Gasteiger partial charge in [0.15, 0.2) is 0 Å². The van der Waals surface area contributed by atoms with Gasteiger partial charge in [-0.15, -0.1) is 16.9 Å². The minimum absolute atomic E-state index is 0.188. The molecule has 172 valence electrons. The van der Waals surface area contributed by atoms with E-state index in [1.165, 1.54) is 32.7 Å². The van der Waals surface area contributed by atoms with Gasteiger partial charge in [-0.05, 0) is 6.92 Å². The van der Waals surface area contributed by atoms with Crippen LogP contribution in [0, 0.1) is 10.1 Å². The number of nitro groups is 1. The average Bonchev–Trinajstić information content (AvgIpc) is 3.19. The zero-order valence-electron chi connectivity index (χ0n) is 17.1. The van der Waals surface area contributed by atoms with Crippen LogP contribution in [0.5, 0.6) is 5.88 Å². The number of carboxylic acid groups (broad SMARTS) is 1. The molecule has 0 saturated carbocycles. The van der Waals surface area contributed by atoms with Crippen LogP contribution in [-0.4, -0.2) is 79.3 Å². The third-order valence-electron chi connectivity index (χ3n) is 4.84. The zero-order valence-corrected chi connectivity index (χ0v) is 18.0. The average molecular weight is 469 g/mol. The van der Waals surface area contributed by atoms with Crippen molar-refractivity contribution in [1.29, 1.82) is 0 Å². The summed E-state index contributed by atoms with van der Waals surface area (Å²) in [4.78, 5) is 59.5. The number of β-lactam (4-membered cyclic amide) rings is 1. The SMILES string of the molecule is COc1nn([C@H](C)C(=O)N[C@@H]2C(=O)N3C(C(=O)O)=C(COC(C)=O)CS[C@@H]23)cc1[N+](=O)[O-]. The predicted molar refractivity (Wildman–Crippen MR) is 106 cm³/mol. The molecule has 0 bridgehead atoms. The van der Waals surface area contributed by atoms with Crippen LogP contribution in [0.2, 0.25) is 0 Å². The lowest BCUT2D eigenvalue weighted by Gasteiger charge is -2.49. The number of amides is 2. The molecule has 0 spiro atoms. The van der Waals surface area contributed by atoms with Crippen molar-refractivity contribution in [1.82, 2.24) is 20.0 Å². The number of methoxy groups -OCH3 is 1. The predicted octanol–water partition coefficient (Wildman–Crippen LogP) is -0.337. The normalized spacial score (nSPS) is 20.7. The molecule has 15 heteroatoms. The first-order valence-electron chi connectivity index (χ1n) is 9.18. The molecule has 0 radical (unpaired) electrons.